The smallest absolute Gasteiger partial charge is 0.0217 e. The van der Waals surface area contributed by atoms with Crippen LogP contribution in [0.15, 0.2) is 29.2 Å². The first kappa shape index (κ1) is 8.14. The standard InChI is InChI=1S/C10H13NS/c1-8-6-11-7-9-4-2-3-5-10(9)12-8/h2-5,8,11H,6-7H2,1H3. The third kappa shape index (κ3) is 1.65. The summed E-state index contributed by atoms with van der Waals surface area (Å²) in [6, 6.07) is 8.64. The zero-order chi connectivity index (χ0) is 8.39. The summed E-state index contributed by atoms with van der Waals surface area (Å²) >= 11 is 1.97. The molecule has 2 rings (SSSR count). The largest absolute Gasteiger partial charge is 0.312 e. The van der Waals surface area contributed by atoms with Gasteiger partial charge in [0.05, 0.1) is 0 Å². The zero-order valence-corrected chi connectivity index (χ0v) is 8.03. The lowest BCUT2D eigenvalue weighted by molar-refractivity contribution is 0.689. The van der Waals surface area contributed by atoms with E-state index < -0.39 is 0 Å². The Morgan fingerprint density at radius 1 is 1.42 bits per heavy atom. The fourth-order valence-electron chi connectivity index (χ4n) is 1.43. The van der Waals surface area contributed by atoms with Gasteiger partial charge in [-0.1, -0.05) is 25.1 Å². The van der Waals surface area contributed by atoms with Crippen LogP contribution in [0.25, 0.3) is 0 Å². The Bertz CT molecular complexity index is 272. The molecule has 0 saturated carbocycles. The van der Waals surface area contributed by atoms with Crippen LogP contribution in [-0.4, -0.2) is 11.8 Å². The first-order valence-corrected chi connectivity index (χ1v) is 5.19. The summed E-state index contributed by atoms with van der Waals surface area (Å²) < 4.78 is 0. The van der Waals surface area contributed by atoms with Crippen LogP contribution in [0.4, 0.5) is 0 Å². The number of thioether (sulfide) groups is 1. The first-order chi connectivity index (χ1) is 5.86. The number of nitrogens with one attached hydrogen (secondary N) is 1. The molecule has 0 spiro atoms. The molecule has 12 heavy (non-hydrogen) atoms. The Morgan fingerprint density at radius 2 is 2.25 bits per heavy atom. The molecule has 1 aromatic carbocycles. The maximum Gasteiger partial charge on any atom is 0.0217 e. The van der Waals surface area contributed by atoms with Gasteiger partial charge in [0, 0.05) is 23.2 Å². The maximum atomic E-state index is 3.43. The monoisotopic (exact) mass is 179 g/mol. The number of hydrogen-bond acceptors (Lipinski definition) is 2. The van der Waals surface area contributed by atoms with Crippen LogP contribution < -0.4 is 5.32 Å². The molecule has 0 bridgehead atoms. The van der Waals surface area contributed by atoms with Gasteiger partial charge in [-0.15, -0.1) is 11.8 Å². The minimum Gasteiger partial charge on any atom is -0.312 e. The van der Waals surface area contributed by atoms with Crippen LogP contribution in [0.1, 0.15) is 12.5 Å². The van der Waals surface area contributed by atoms with Gasteiger partial charge in [0.2, 0.25) is 0 Å². The summed E-state index contributed by atoms with van der Waals surface area (Å²) in [6.45, 7) is 4.40. The van der Waals surface area contributed by atoms with Gasteiger partial charge in [0.1, 0.15) is 0 Å². The van der Waals surface area contributed by atoms with Crippen LogP contribution in [0.2, 0.25) is 0 Å². The molecule has 0 saturated heterocycles. The molecule has 1 unspecified atom stereocenters. The molecule has 0 aliphatic carbocycles. The normalized spacial score (nSPS) is 22.9. The van der Waals surface area contributed by atoms with E-state index in [1.807, 2.05) is 11.8 Å². The second-order valence-corrected chi connectivity index (χ2v) is 4.65. The van der Waals surface area contributed by atoms with Gasteiger partial charge in [-0.3, -0.25) is 0 Å². The van der Waals surface area contributed by atoms with Crippen molar-refractivity contribution in [2.24, 2.45) is 0 Å². The van der Waals surface area contributed by atoms with Crippen LogP contribution in [0.5, 0.6) is 0 Å². The van der Waals surface area contributed by atoms with Gasteiger partial charge in [-0.25, -0.2) is 0 Å². The highest BCUT2D eigenvalue weighted by molar-refractivity contribution is 8.00. The Hall–Kier alpha value is -0.470. The van der Waals surface area contributed by atoms with Gasteiger partial charge >= 0.3 is 0 Å². The Morgan fingerprint density at radius 3 is 3.17 bits per heavy atom. The molecule has 1 aliphatic heterocycles. The molecule has 0 radical (unpaired) electrons. The van der Waals surface area contributed by atoms with E-state index in [1.54, 1.807) is 0 Å². The number of benzene rings is 1. The molecule has 64 valence electrons. The topological polar surface area (TPSA) is 12.0 Å². The van der Waals surface area contributed by atoms with E-state index in [2.05, 4.69) is 36.5 Å². The summed E-state index contributed by atoms with van der Waals surface area (Å²) in [5.74, 6) is 0. The van der Waals surface area contributed by atoms with Gasteiger partial charge < -0.3 is 5.32 Å². The van der Waals surface area contributed by atoms with Crippen molar-refractivity contribution >= 4 is 11.8 Å². The summed E-state index contributed by atoms with van der Waals surface area (Å²) in [6.07, 6.45) is 0. The Kier molecular flexibility index (Phi) is 2.38. The first-order valence-electron chi connectivity index (χ1n) is 4.31. The molecule has 0 amide bonds. The Labute approximate surface area is 77.6 Å². The van der Waals surface area contributed by atoms with Crippen LogP contribution in [-0.2, 0) is 6.54 Å². The molecule has 2 heteroatoms. The lowest BCUT2D eigenvalue weighted by Gasteiger charge is -2.06. The molecule has 1 atom stereocenters. The lowest BCUT2D eigenvalue weighted by atomic mass is 10.2. The van der Waals surface area contributed by atoms with Crippen molar-refractivity contribution in [3.8, 4) is 0 Å². The highest BCUT2D eigenvalue weighted by Crippen LogP contribution is 2.28. The minimum atomic E-state index is 0.689. The quantitative estimate of drug-likeness (QED) is 0.655. The van der Waals surface area contributed by atoms with Crippen LogP contribution in [0.3, 0.4) is 0 Å². The number of hydrogen-bond donors (Lipinski definition) is 1. The summed E-state index contributed by atoms with van der Waals surface area (Å²) in [5.41, 5.74) is 1.44. The van der Waals surface area contributed by atoms with Gasteiger partial charge in [0.25, 0.3) is 0 Å². The minimum absolute atomic E-state index is 0.689. The van der Waals surface area contributed by atoms with Crippen molar-refractivity contribution in [2.75, 3.05) is 6.54 Å². The van der Waals surface area contributed by atoms with E-state index in [-0.39, 0.29) is 0 Å². The van der Waals surface area contributed by atoms with Crippen LogP contribution >= 0.6 is 11.8 Å². The summed E-state index contributed by atoms with van der Waals surface area (Å²) in [5, 5.41) is 4.12. The fourth-order valence-corrected chi connectivity index (χ4v) is 2.52. The van der Waals surface area contributed by atoms with Crippen molar-refractivity contribution < 1.29 is 0 Å². The van der Waals surface area contributed by atoms with E-state index in [9.17, 15) is 0 Å². The van der Waals surface area contributed by atoms with Crippen molar-refractivity contribution in [3.63, 3.8) is 0 Å². The third-order valence-electron chi connectivity index (χ3n) is 2.05. The number of fused-ring (bicyclic) bond motifs is 1. The van der Waals surface area contributed by atoms with E-state index in [0.29, 0.717) is 5.25 Å². The summed E-state index contributed by atoms with van der Waals surface area (Å²) in [7, 11) is 0. The lowest BCUT2D eigenvalue weighted by Crippen LogP contribution is -2.19. The molecule has 1 aliphatic rings. The van der Waals surface area contributed by atoms with E-state index >= 15 is 0 Å². The van der Waals surface area contributed by atoms with Gasteiger partial charge in [-0.05, 0) is 11.6 Å². The molecule has 0 aromatic heterocycles. The van der Waals surface area contributed by atoms with Crippen LogP contribution in [0, 0.1) is 0 Å². The van der Waals surface area contributed by atoms with E-state index in [1.165, 1.54) is 10.5 Å². The molecule has 0 fully saturated rings. The number of rotatable bonds is 0. The Balaban J connectivity index is 2.31. The second kappa shape index (κ2) is 3.50. The summed E-state index contributed by atoms with van der Waals surface area (Å²) in [4.78, 5) is 1.44. The maximum absolute atomic E-state index is 3.43. The van der Waals surface area contributed by atoms with Crippen molar-refractivity contribution in [3.05, 3.63) is 29.8 Å². The van der Waals surface area contributed by atoms with Crippen molar-refractivity contribution in [1.82, 2.24) is 5.32 Å². The molecular formula is C10H13NS. The predicted octanol–water partition coefficient (Wildman–Crippen LogP) is 2.27. The fraction of sp³-hybridized carbons (Fsp3) is 0.400. The molecule has 1 heterocycles. The molecule has 1 N–H and O–H groups in total. The van der Waals surface area contributed by atoms with Gasteiger partial charge in [-0.2, -0.15) is 0 Å². The van der Waals surface area contributed by atoms with E-state index in [4.69, 9.17) is 0 Å². The highest BCUT2D eigenvalue weighted by Gasteiger charge is 2.11. The predicted molar refractivity (Wildman–Crippen MR) is 53.5 cm³/mol. The van der Waals surface area contributed by atoms with Crippen molar-refractivity contribution in [1.29, 1.82) is 0 Å². The second-order valence-electron chi connectivity index (χ2n) is 3.17. The third-order valence-corrected chi connectivity index (χ3v) is 3.27. The highest BCUT2D eigenvalue weighted by atomic mass is 32.2. The van der Waals surface area contributed by atoms with Crippen molar-refractivity contribution in [2.45, 2.75) is 23.6 Å². The zero-order valence-electron chi connectivity index (χ0n) is 7.21. The molecule has 1 nitrogen and oxygen atoms in total. The molecular weight excluding hydrogens is 166 g/mol. The SMILES string of the molecule is CC1CNCc2ccccc2S1. The average Bonchev–Trinajstić information content (AvgIpc) is 2.25. The molecule has 1 aromatic rings. The van der Waals surface area contributed by atoms with Gasteiger partial charge in [0.15, 0.2) is 0 Å². The average molecular weight is 179 g/mol. The van der Waals surface area contributed by atoms with E-state index in [0.717, 1.165) is 13.1 Å².